The number of aliphatic hydroxyl groups excluding tert-OH is 1. The fraction of sp³-hybridized carbons (Fsp3) is 0.357. The lowest BCUT2D eigenvalue weighted by atomic mass is 10.0. The summed E-state index contributed by atoms with van der Waals surface area (Å²) in [7, 11) is -6.65. The number of hydrazine groups is 1. The molecule has 2 aromatic carbocycles. The maximum Gasteiger partial charge on any atom is 0.459 e. The lowest BCUT2D eigenvalue weighted by molar-refractivity contribution is -0.143. The zero-order valence-corrected chi connectivity index (χ0v) is 29.8. The average molecular weight is 778 g/mol. The van der Waals surface area contributed by atoms with E-state index in [1.165, 1.54) is 54.3 Å². The molecule has 4 aromatic rings. The van der Waals surface area contributed by atoms with Gasteiger partial charge in [-0.05, 0) is 36.4 Å². The summed E-state index contributed by atoms with van der Waals surface area (Å²) in [5.41, 5.74) is 6.24. The van der Waals surface area contributed by atoms with Gasteiger partial charge in [-0.15, -0.1) is 4.83 Å². The van der Waals surface area contributed by atoms with Gasteiger partial charge in [0.15, 0.2) is 17.0 Å². The van der Waals surface area contributed by atoms with Gasteiger partial charge in [0.25, 0.3) is 0 Å². The van der Waals surface area contributed by atoms with Gasteiger partial charge < -0.3 is 24.8 Å². The molecule has 0 amide bonds. The van der Waals surface area contributed by atoms with Gasteiger partial charge in [0.05, 0.1) is 30.3 Å². The first-order valence-corrected chi connectivity index (χ1v) is 18.8. The van der Waals surface area contributed by atoms with Crippen molar-refractivity contribution in [2.24, 2.45) is 5.92 Å². The van der Waals surface area contributed by atoms with Crippen molar-refractivity contribution >= 4 is 69.9 Å². The summed E-state index contributed by atoms with van der Waals surface area (Å²) in [4.78, 5) is 27.5. The highest BCUT2D eigenvalue weighted by Crippen LogP contribution is 2.46. The molecule has 5 N–H and O–H groups in total. The van der Waals surface area contributed by atoms with Gasteiger partial charge in [-0.1, -0.05) is 36.2 Å². The summed E-state index contributed by atoms with van der Waals surface area (Å²) < 4.78 is 75.6. The second kappa shape index (κ2) is 15.3. The molecule has 1 saturated heterocycles. The number of esters is 1. The van der Waals surface area contributed by atoms with Crippen LogP contribution in [0.5, 0.6) is 5.75 Å². The van der Waals surface area contributed by atoms with Gasteiger partial charge in [0.2, 0.25) is 16.0 Å². The molecule has 0 aliphatic carbocycles. The maximum absolute atomic E-state index is 14.1. The number of benzene rings is 2. The molecule has 2 aromatic heterocycles. The average Bonchev–Trinajstić information content (AvgIpc) is 3.58. The van der Waals surface area contributed by atoms with Crippen LogP contribution in [0.15, 0.2) is 48.8 Å². The van der Waals surface area contributed by atoms with Gasteiger partial charge in [0, 0.05) is 23.6 Å². The van der Waals surface area contributed by atoms with Crippen molar-refractivity contribution in [2.45, 2.75) is 32.0 Å². The van der Waals surface area contributed by atoms with E-state index in [0.717, 1.165) is 17.3 Å². The molecule has 1 aliphatic rings. The lowest BCUT2D eigenvalue weighted by Gasteiger charge is -2.22. The van der Waals surface area contributed by atoms with Gasteiger partial charge in [-0.3, -0.25) is 18.9 Å². The molecule has 17 nitrogen and oxygen atoms in total. The van der Waals surface area contributed by atoms with Crippen LogP contribution in [-0.2, 0) is 40.0 Å². The minimum Gasteiger partial charge on any atom is -0.460 e. The van der Waals surface area contributed by atoms with Crippen LogP contribution >= 0.6 is 30.9 Å². The first-order valence-electron chi connectivity index (χ1n) is 14.6. The predicted molar refractivity (Wildman–Crippen MR) is 180 cm³/mol. The van der Waals surface area contributed by atoms with Crippen molar-refractivity contribution in [3.05, 3.63) is 70.2 Å². The van der Waals surface area contributed by atoms with Crippen LogP contribution in [0.3, 0.4) is 0 Å². The Bertz CT molecular complexity index is 2010. The summed E-state index contributed by atoms with van der Waals surface area (Å²) in [6.07, 6.45) is -0.829. The molecule has 0 bridgehead atoms. The van der Waals surface area contributed by atoms with Crippen molar-refractivity contribution in [3.63, 3.8) is 0 Å². The van der Waals surface area contributed by atoms with Crippen LogP contribution in [0.1, 0.15) is 18.7 Å². The molecule has 5 rings (SSSR count). The monoisotopic (exact) mass is 776 g/mol. The number of nitrogen functional groups attached to an aromatic ring is 1. The third-order valence-corrected chi connectivity index (χ3v) is 10.00. The number of hydrogen-bond donors (Lipinski definition) is 4. The summed E-state index contributed by atoms with van der Waals surface area (Å²) in [6, 6.07) is 9.81. The molecule has 1 fully saturated rings. The number of aliphatic hydroxyl groups is 1. The highest BCUT2D eigenvalue weighted by molar-refractivity contribution is 7.88. The summed E-state index contributed by atoms with van der Waals surface area (Å²) >= 11 is 12.0. The molecule has 270 valence electrons. The first kappa shape index (κ1) is 37.6. The SMILES string of the molecule is C[C@@H]1C(n2cnc3c(N(C)NS(C)(=O)=O)nc(N)nc32)OC(COP(=O)(NCC(=O)OCc2c(F)cccc2Cl)Oc2ccc(Cl)cc2)[C@H]1O. The van der Waals surface area contributed by atoms with E-state index in [4.69, 9.17) is 47.5 Å². The number of carbonyl (C=O) groups is 1. The van der Waals surface area contributed by atoms with Crippen molar-refractivity contribution in [2.75, 3.05) is 37.2 Å². The Hall–Kier alpha value is -3.65. The standard InChI is InChI=1S/C28H32Cl2FN8O9PS/c1-15-24(41)21(47-27(15)39-14-33-23-25(35-28(32)36-26(23)39)38(2)37-50(3,43)44)13-46-49(42,48-17-9-7-16(29)8-10-17)34-11-22(40)45-12-18-19(30)5-4-6-20(18)31/h4-10,14-15,21,24,27,37,41H,11-13H2,1-3H3,(H,34,42)(H2,32,35,36)/t15-,21?,24-,27?,49?/m0/s1. The molecular formula is C28H32Cl2FN8O9PS. The van der Waals surface area contributed by atoms with E-state index < -0.39 is 73.7 Å². The highest BCUT2D eigenvalue weighted by atomic mass is 35.5. The predicted octanol–water partition coefficient (Wildman–Crippen LogP) is 3.19. The molecule has 3 unspecified atom stereocenters. The van der Waals surface area contributed by atoms with Crippen LogP contribution in [-0.4, -0.2) is 77.7 Å². The van der Waals surface area contributed by atoms with Crippen molar-refractivity contribution in [3.8, 4) is 5.75 Å². The summed E-state index contributed by atoms with van der Waals surface area (Å²) in [5.74, 6) is -2.27. The first-order chi connectivity index (χ1) is 23.5. The van der Waals surface area contributed by atoms with E-state index in [1.807, 2.05) is 0 Å². The molecule has 3 heterocycles. The molecule has 50 heavy (non-hydrogen) atoms. The maximum atomic E-state index is 14.1. The van der Waals surface area contributed by atoms with Crippen LogP contribution in [0.4, 0.5) is 16.2 Å². The number of imidazole rings is 1. The Morgan fingerprint density at radius 1 is 1.22 bits per heavy atom. The molecular weight excluding hydrogens is 745 g/mol. The van der Waals surface area contributed by atoms with E-state index in [2.05, 4.69) is 24.9 Å². The summed E-state index contributed by atoms with van der Waals surface area (Å²) in [6.45, 7) is 0.0267. The second-order valence-electron chi connectivity index (χ2n) is 11.1. The van der Waals surface area contributed by atoms with E-state index in [0.29, 0.717) is 5.02 Å². The number of nitrogens with one attached hydrogen (secondary N) is 2. The van der Waals surface area contributed by atoms with E-state index in [9.17, 15) is 27.3 Å². The van der Waals surface area contributed by atoms with Gasteiger partial charge in [0.1, 0.15) is 37.1 Å². The number of ether oxygens (including phenoxy) is 2. The molecule has 0 radical (unpaired) electrons. The fourth-order valence-corrected chi connectivity index (χ4v) is 7.12. The Kier molecular flexibility index (Phi) is 11.5. The van der Waals surface area contributed by atoms with E-state index in [-0.39, 0.29) is 39.3 Å². The number of rotatable bonds is 14. The summed E-state index contributed by atoms with van der Waals surface area (Å²) in [5, 5.41) is 15.1. The van der Waals surface area contributed by atoms with Gasteiger partial charge >= 0.3 is 13.7 Å². The Labute approximate surface area is 295 Å². The smallest absolute Gasteiger partial charge is 0.459 e. The molecule has 0 spiro atoms. The topological polar surface area (TPSA) is 222 Å². The third-order valence-electron chi connectivity index (χ3n) is 7.30. The van der Waals surface area contributed by atoms with Crippen LogP contribution in [0.2, 0.25) is 10.0 Å². The minimum atomic E-state index is -4.39. The van der Waals surface area contributed by atoms with Crippen molar-refractivity contribution in [1.29, 1.82) is 0 Å². The second-order valence-corrected chi connectivity index (χ2v) is 15.4. The Morgan fingerprint density at radius 3 is 2.62 bits per heavy atom. The van der Waals surface area contributed by atoms with Crippen LogP contribution in [0.25, 0.3) is 11.2 Å². The number of carbonyl (C=O) groups excluding carboxylic acids is 1. The number of fused-ring (bicyclic) bond motifs is 1. The van der Waals surface area contributed by atoms with Crippen LogP contribution < -0.4 is 25.2 Å². The normalized spacial score (nSPS) is 20.5. The van der Waals surface area contributed by atoms with Crippen molar-refractivity contribution < 1.29 is 45.8 Å². The number of aromatic nitrogens is 4. The third kappa shape index (κ3) is 8.98. The quantitative estimate of drug-likeness (QED) is 0.0820. The lowest BCUT2D eigenvalue weighted by Crippen LogP contribution is -2.39. The van der Waals surface area contributed by atoms with E-state index >= 15 is 0 Å². The zero-order chi connectivity index (χ0) is 36.4. The molecule has 5 atom stereocenters. The van der Waals surface area contributed by atoms with Gasteiger partial charge in [-0.2, -0.15) is 9.97 Å². The Balaban J connectivity index is 1.30. The minimum absolute atomic E-state index is 0.0379. The van der Waals surface area contributed by atoms with Crippen LogP contribution in [0, 0.1) is 11.7 Å². The highest BCUT2D eigenvalue weighted by Gasteiger charge is 2.44. The largest absolute Gasteiger partial charge is 0.460 e. The zero-order valence-electron chi connectivity index (χ0n) is 26.6. The Morgan fingerprint density at radius 2 is 1.94 bits per heavy atom. The number of nitrogens with two attached hydrogens (primary N) is 1. The van der Waals surface area contributed by atoms with Crippen molar-refractivity contribution in [1.82, 2.24) is 29.4 Å². The number of halogens is 3. The fourth-order valence-electron chi connectivity index (χ4n) is 4.92. The molecule has 1 aliphatic heterocycles. The molecule has 22 heteroatoms. The number of nitrogens with zero attached hydrogens (tertiary/aromatic N) is 5. The van der Waals surface area contributed by atoms with Gasteiger partial charge in [-0.25, -0.2) is 27.4 Å². The number of sulfonamides is 1. The van der Waals surface area contributed by atoms with E-state index in [1.54, 1.807) is 6.92 Å². The number of hydrogen-bond acceptors (Lipinski definition) is 14. The number of anilines is 2. The molecule has 0 saturated carbocycles.